The number of amides is 2. The molecule has 2 N–H and O–H groups in total. The molecule has 4 rings (SSSR count). The van der Waals surface area contributed by atoms with Crippen molar-refractivity contribution in [3.05, 3.63) is 29.3 Å². The summed E-state index contributed by atoms with van der Waals surface area (Å²) in [7, 11) is 2.00. The Kier molecular flexibility index (Phi) is 5.88. The summed E-state index contributed by atoms with van der Waals surface area (Å²) in [6.07, 6.45) is 6.09. The molecule has 1 spiro atoms. The van der Waals surface area contributed by atoms with E-state index in [0.717, 1.165) is 68.7 Å². The van der Waals surface area contributed by atoms with Gasteiger partial charge in [0.2, 0.25) is 11.8 Å². The molecule has 3 heterocycles. The zero-order chi connectivity index (χ0) is 20.4. The van der Waals surface area contributed by atoms with E-state index in [1.54, 1.807) is 11.3 Å². The van der Waals surface area contributed by atoms with Gasteiger partial charge in [0.25, 0.3) is 0 Å². The van der Waals surface area contributed by atoms with Gasteiger partial charge in [-0.2, -0.15) is 0 Å². The van der Waals surface area contributed by atoms with Crippen LogP contribution < -0.4 is 5.73 Å². The van der Waals surface area contributed by atoms with Crippen LogP contribution in [0.4, 0.5) is 0 Å². The van der Waals surface area contributed by atoms with Gasteiger partial charge in [0.05, 0.1) is 21.3 Å². The minimum Gasteiger partial charge on any atom is -0.368 e. The van der Waals surface area contributed by atoms with Gasteiger partial charge < -0.3 is 10.6 Å². The van der Waals surface area contributed by atoms with Gasteiger partial charge in [-0.05, 0) is 69.7 Å². The second-order valence-corrected chi connectivity index (χ2v) is 9.68. The van der Waals surface area contributed by atoms with Crippen LogP contribution in [0.1, 0.15) is 43.5 Å². The Balaban J connectivity index is 1.29. The van der Waals surface area contributed by atoms with E-state index in [1.165, 1.54) is 4.70 Å². The molecule has 6 nitrogen and oxygen atoms in total. The van der Waals surface area contributed by atoms with Gasteiger partial charge in [0.1, 0.15) is 0 Å². The van der Waals surface area contributed by atoms with E-state index >= 15 is 0 Å². The third-order valence-electron chi connectivity index (χ3n) is 6.71. The second kappa shape index (κ2) is 8.40. The average molecular weight is 415 g/mol. The highest BCUT2D eigenvalue weighted by atomic mass is 32.1. The summed E-state index contributed by atoms with van der Waals surface area (Å²) in [6.45, 7) is 2.39. The number of hydrogen-bond acceptors (Lipinski definition) is 5. The van der Waals surface area contributed by atoms with Crippen molar-refractivity contribution < 1.29 is 9.59 Å². The van der Waals surface area contributed by atoms with Crippen molar-refractivity contribution >= 4 is 33.4 Å². The first-order chi connectivity index (χ1) is 14.0. The average Bonchev–Trinajstić information content (AvgIpc) is 3.11. The molecular weight excluding hydrogens is 384 g/mol. The fraction of sp³-hybridized carbons (Fsp3) is 0.591. The first-order valence-corrected chi connectivity index (χ1v) is 11.4. The van der Waals surface area contributed by atoms with Crippen molar-refractivity contribution in [2.24, 2.45) is 11.1 Å². The van der Waals surface area contributed by atoms with Crippen LogP contribution in [0.2, 0.25) is 0 Å². The van der Waals surface area contributed by atoms with Crippen LogP contribution in [-0.4, -0.2) is 59.3 Å². The minimum absolute atomic E-state index is 0.0589. The van der Waals surface area contributed by atoms with E-state index in [9.17, 15) is 9.59 Å². The minimum atomic E-state index is -0.220. The number of nitrogens with two attached hydrogens (primary N) is 1. The number of primary amides is 1. The van der Waals surface area contributed by atoms with Gasteiger partial charge in [0, 0.05) is 19.5 Å². The number of aromatic nitrogens is 1. The third-order valence-corrected chi connectivity index (χ3v) is 7.80. The number of nitrogens with zero attached hydrogens (tertiary/aromatic N) is 3. The van der Waals surface area contributed by atoms with Crippen LogP contribution in [0, 0.1) is 5.41 Å². The molecule has 0 aliphatic carbocycles. The summed E-state index contributed by atoms with van der Waals surface area (Å²) in [4.78, 5) is 33.6. The number of piperidine rings is 2. The number of thiazole rings is 1. The van der Waals surface area contributed by atoms with Crippen molar-refractivity contribution in [1.82, 2.24) is 14.8 Å². The van der Waals surface area contributed by atoms with E-state index in [2.05, 4.69) is 16.0 Å². The molecule has 7 heteroatoms. The zero-order valence-corrected chi connectivity index (χ0v) is 17.9. The monoisotopic (exact) mass is 414 g/mol. The third kappa shape index (κ3) is 4.16. The lowest BCUT2D eigenvalue weighted by atomic mass is 9.66. The first kappa shape index (κ1) is 20.3. The summed E-state index contributed by atoms with van der Waals surface area (Å²) >= 11 is 1.72. The van der Waals surface area contributed by atoms with Gasteiger partial charge in [0.15, 0.2) is 0 Å². The highest BCUT2D eigenvalue weighted by Gasteiger charge is 2.48. The Morgan fingerprint density at radius 2 is 1.97 bits per heavy atom. The van der Waals surface area contributed by atoms with Crippen LogP contribution in [0.25, 0.3) is 10.2 Å². The summed E-state index contributed by atoms with van der Waals surface area (Å²) < 4.78 is 1.21. The van der Waals surface area contributed by atoms with E-state index < -0.39 is 0 Å². The molecule has 1 aromatic carbocycles. The number of aryl methyl sites for hydroxylation is 1. The maximum Gasteiger partial charge on any atom is 0.235 e. The van der Waals surface area contributed by atoms with Crippen molar-refractivity contribution in [2.45, 2.75) is 51.0 Å². The Morgan fingerprint density at radius 3 is 2.69 bits per heavy atom. The molecule has 1 atom stereocenters. The number of fused-ring (bicyclic) bond motifs is 1. The molecule has 156 valence electrons. The Hall–Kier alpha value is -1.99. The lowest BCUT2D eigenvalue weighted by Crippen LogP contribution is -2.60. The summed E-state index contributed by atoms with van der Waals surface area (Å²) in [5.41, 5.74) is 6.72. The molecule has 0 saturated carbocycles. The number of benzene rings is 1. The fourth-order valence-corrected chi connectivity index (χ4v) is 6.24. The van der Waals surface area contributed by atoms with Crippen LogP contribution in [0.5, 0.6) is 0 Å². The number of hydrogen-bond donors (Lipinski definition) is 1. The van der Waals surface area contributed by atoms with Gasteiger partial charge >= 0.3 is 0 Å². The topological polar surface area (TPSA) is 79.5 Å². The number of para-hydroxylation sites is 1. The largest absolute Gasteiger partial charge is 0.368 e. The molecule has 0 bridgehead atoms. The number of carbonyl (C=O) groups is 2. The SMILES string of the molecule is CN1CCCC2(CCN(C(=O)CCCc3nc4ccccc4s3)CC2)C1C(N)=O. The van der Waals surface area contributed by atoms with Gasteiger partial charge in [-0.15, -0.1) is 11.3 Å². The Labute approximate surface area is 176 Å². The van der Waals surface area contributed by atoms with Gasteiger partial charge in [-0.1, -0.05) is 12.1 Å². The molecule has 2 aromatic rings. The highest BCUT2D eigenvalue weighted by molar-refractivity contribution is 7.18. The van der Waals surface area contributed by atoms with Crippen molar-refractivity contribution in [2.75, 3.05) is 26.7 Å². The van der Waals surface area contributed by atoms with Crippen LogP contribution in [0.3, 0.4) is 0 Å². The molecule has 1 aromatic heterocycles. The quantitative estimate of drug-likeness (QED) is 0.816. The standard InChI is InChI=1S/C22H30N4O2S/c1-25-13-5-10-22(20(25)21(23)28)11-14-26(15-12-22)19(27)9-4-8-18-24-16-6-2-3-7-17(16)29-18/h2-3,6-7,20H,4-5,8-15H2,1H3,(H2,23,28). The molecule has 2 aliphatic rings. The van der Waals surface area contributed by atoms with E-state index in [-0.39, 0.29) is 23.3 Å². The van der Waals surface area contributed by atoms with Crippen LogP contribution in [-0.2, 0) is 16.0 Å². The molecule has 29 heavy (non-hydrogen) atoms. The molecular formula is C22H30N4O2S. The van der Waals surface area contributed by atoms with Crippen molar-refractivity contribution in [3.8, 4) is 0 Å². The number of rotatable bonds is 5. The summed E-state index contributed by atoms with van der Waals surface area (Å²) in [5.74, 6) is 0.00330. The predicted octanol–water partition coefficient (Wildman–Crippen LogP) is 2.81. The zero-order valence-electron chi connectivity index (χ0n) is 17.1. The summed E-state index contributed by atoms with van der Waals surface area (Å²) in [6, 6.07) is 7.96. The molecule has 2 amide bonds. The first-order valence-electron chi connectivity index (χ1n) is 10.6. The molecule has 1 unspecified atom stereocenters. The highest BCUT2D eigenvalue weighted by Crippen LogP contribution is 2.44. The van der Waals surface area contributed by atoms with E-state index in [4.69, 9.17) is 5.73 Å². The van der Waals surface area contributed by atoms with Gasteiger partial charge in [-0.25, -0.2) is 4.98 Å². The van der Waals surface area contributed by atoms with Crippen LogP contribution >= 0.6 is 11.3 Å². The van der Waals surface area contributed by atoms with Gasteiger partial charge in [-0.3, -0.25) is 14.5 Å². The number of carbonyl (C=O) groups excluding carboxylic acids is 2. The van der Waals surface area contributed by atoms with E-state index in [1.807, 2.05) is 30.1 Å². The normalized spacial score (nSPS) is 22.2. The molecule has 2 aliphatic heterocycles. The maximum atomic E-state index is 12.7. The van der Waals surface area contributed by atoms with Crippen molar-refractivity contribution in [1.29, 1.82) is 0 Å². The predicted molar refractivity (Wildman–Crippen MR) is 116 cm³/mol. The second-order valence-electron chi connectivity index (χ2n) is 8.56. The smallest absolute Gasteiger partial charge is 0.235 e. The Morgan fingerprint density at radius 1 is 1.21 bits per heavy atom. The van der Waals surface area contributed by atoms with Crippen molar-refractivity contribution in [3.63, 3.8) is 0 Å². The van der Waals surface area contributed by atoms with E-state index in [0.29, 0.717) is 6.42 Å². The molecule has 0 radical (unpaired) electrons. The fourth-order valence-electron chi connectivity index (χ4n) is 5.23. The number of likely N-dealkylation sites (N-methyl/N-ethyl adjacent to an activating group) is 1. The molecule has 2 fully saturated rings. The lowest BCUT2D eigenvalue weighted by molar-refractivity contribution is -0.139. The summed E-state index contributed by atoms with van der Waals surface area (Å²) in [5, 5.41) is 1.10. The maximum absolute atomic E-state index is 12.7. The lowest BCUT2D eigenvalue weighted by Gasteiger charge is -2.51. The Bertz CT molecular complexity index is 855. The van der Waals surface area contributed by atoms with Crippen LogP contribution in [0.15, 0.2) is 24.3 Å². The number of likely N-dealkylation sites (tertiary alicyclic amines) is 2. The molecule has 2 saturated heterocycles.